The molecule has 31 heavy (non-hydrogen) atoms. The monoisotopic (exact) mass is 412 g/mol. The van der Waals surface area contributed by atoms with Gasteiger partial charge in [-0.2, -0.15) is 5.26 Å². The van der Waals surface area contributed by atoms with Crippen LogP contribution in [-0.2, 0) is 11.4 Å². The largest absolute Gasteiger partial charge is 0.493 e. The summed E-state index contributed by atoms with van der Waals surface area (Å²) in [5, 5.41) is 12.4. The van der Waals surface area contributed by atoms with Crippen LogP contribution in [0.2, 0.25) is 0 Å². The molecule has 0 saturated heterocycles. The molecule has 5 nitrogen and oxygen atoms in total. The molecule has 0 aliphatic carbocycles. The van der Waals surface area contributed by atoms with Gasteiger partial charge in [0.05, 0.1) is 13.2 Å². The highest BCUT2D eigenvalue weighted by Crippen LogP contribution is 2.29. The third-order valence-electron chi connectivity index (χ3n) is 4.75. The maximum atomic E-state index is 12.6. The molecule has 1 atom stereocenters. The Morgan fingerprint density at radius 2 is 1.71 bits per heavy atom. The van der Waals surface area contributed by atoms with Crippen molar-refractivity contribution < 1.29 is 14.3 Å². The van der Waals surface area contributed by atoms with Gasteiger partial charge in [-0.3, -0.25) is 4.79 Å². The number of ether oxygens (including phenoxy) is 2. The van der Waals surface area contributed by atoms with Crippen molar-refractivity contribution in [2.45, 2.75) is 19.6 Å². The van der Waals surface area contributed by atoms with Crippen LogP contribution in [0.25, 0.3) is 6.08 Å². The molecule has 0 saturated carbocycles. The minimum absolute atomic E-state index is 0.0165. The predicted octanol–water partition coefficient (Wildman–Crippen LogP) is 5.06. The van der Waals surface area contributed by atoms with Gasteiger partial charge in [-0.25, -0.2) is 0 Å². The molecule has 0 radical (unpaired) electrons. The quantitative estimate of drug-likeness (QED) is 0.415. The number of hydrogen-bond donors (Lipinski definition) is 1. The highest BCUT2D eigenvalue weighted by atomic mass is 16.5. The van der Waals surface area contributed by atoms with Gasteiger partial charge in [-0.1, -0.05) is 66.7 Å². The van der Waals surface area contributed by atoms with Crippen LogP contribution in [0, 0.1) is 11.3 Å². The maximum absolute atomic E-state index is 12.6. The molecule has 3 aromatic carbocycles. The Labute approximate surface area is 182 Å². The van der Waals surface area contributed by atoms with Crippen molar-refractivity contribution in [3.8, 4) is 17.6 Å². The Hall–Kier alpha value is -4.04. The van der Waals surface area contributed by atoms with Crippen molar-refractivity contribution >= 4 is 12.0 Å². The van der Waals surface area contributed by atoms with Crippen LogP contribution < -0.4 is 14.8 Å². The Kier molecular flexibility index (Phi) is 7.45. The predicted molar refractivity (Wildman–Crippen MR) is 120 cm³/mol. The van der Waals surface area contributed by atoms with Crippen LogP contribution in [0.5, 0.6) is 11.5 Å². The number of carbonyl (C=O) groups is 1. The van der Waals surface area contributed by atoms with Crippen LogP contribution in [0.1, 0.15) is 29.7 Å². The van der Waals surface area contributed by atoms with Gasteiger partial charge < -0.3 is 14.8 Å². The van der Waals surface area contributed by atoms with Gasteiger partial charge >= 0.3 is 0 Å². The highest BCUT2D eigenvalue weighted by Gasteiger charge is 2.14. The number of hydrogen-bond acceptors (Lipinski definition) is 4. The van der Waals surface area contributed by atoms with Crippen LogP contribution >= 0.6 is 0 Å². The molecule has 0 heterocycles. The van der Waals surface area contributed by atoms with E-state index in [9.17, 15) is 10.1 Å². The molecule has 3 aromatic rings. The van der Waals surface area contributed by atoms with E-state index in [4.69, 9.17) is 9.47 Å². The molecule has 0 spiro atoms. The van der Waals surface area contributed by atoms with E-state index >= 15 is 0 Å². The summed E-state index contributed by atoms with van der Waals surface area (Å²) in [7, 11) is 1.55. The van der Waals surface area contributed by atoms with E-state index in [1.165, 1.54) is 6.08 Å². The lowest BCUT2D eigenvalue weighted by Crippen LogP contribution is -2.27. The number of carbonyl (C=O) groups excluding carboxylic acids is 1. The van der Waals surface area contributed by atoms with Gasteiger partial charge in [0.15, 0.2) is 11.5 Å². The summed E-state index contributed by atoms with van der Waals surface area (Å²) in [4.78, 5) is 12.6. The summed E-state index contributed by atoms with van der Waals surface area (Å²) in [6.45, 7) is 2.29. The van der Waals surface area contributed by atoms with E-state index in [1.54, 1.807) is 25.3 Å². The first-order valence-corrected chi connectivity index (χ1v) is 9.93. The van der Waals surface area contributed by atoms with Gasteiger partial charge in [0.2, 0.25) is 0 Å². The molecule has 156 valence electrons. The summed E-state index contributed by atoms with van der Waals surface area (Å²) in [5.41, 5.74) is 2.70. The fraction of sp³-hybridized carbons (Fsp3) is 0.154. The summed E-state index contributed by atoms with van der Waals surface area (Å²) >= 11 is 0. The third kappa shape index (κ3) is 5.97. The lowest BCUT2D eigenvalue weighted by molar-refractivity contribution is -0.117. The second kappa shape index (κ2) is 10.7. The lowest BCUT2D eigenvalue weighted by atomic mass is 10.1. The zero-order valence-corrected chi connectivity index (χ0v) is 17.5. The molecule has 1 amide bonds. The Bertz CT molecular complexity index is 1090. The van der Waals surface area contributed by atoms with Crippen molar-refractivity contribution in [3.63, 3.8) is 0 Å². The molecular formula is C26H24N2O3. The molecule has 1 unspecified atom stereocenters. The zero-order chi connectivity index (χ0) is 22.1. The molecule has 5 heteroatoms. The summed E-state index contributed by atoms with van der Waals surface area (Å²) in [6, 6.07) is 26.5. The van der Waals surface area contributed by atoms with Gasteiger partial charge in [0.25, 0.3) is 5.91 Å². The molecule has 0 bridgehead atoms. The first-order chi connectivity index (χ1) is 15.1. The fourth-order valence-corrected chi connectivity index (χ4v) is 3.04. The van der Waals surface area contributed by atoms with Gasteiger partial charge in [-0.05, 0) is 41.8 Å². The normalized spacial score (nSPS) is 11.8. The molecule has 0 aliphatic rings. The molecular weight excluding hydrogens is 388 g/mol. The topological polar surface area (TPSA) is 71.3 Å². The Morgan fingerprint density at radius 3 is 2.35 bits per heavy atom. The standard InChI is InChI=1S/C26H24N2O3/c1-19(22-11-7-4-8-12-22)28-26(29)23(17-27)15-21-13-14-24(25(16-21)30-2)31-18-20-9-5-3-6-10-20/h3-16,19H,18H2,1-2H3,(H,28,29). The van der Waals surface area contributed by atoms with Crippen molar-refractivity contribution in [2.75, 3.05) is 7.11 Å². The zero-order valence-electron chi connectivity index (χ0n) is 17.5. The fourth-order valence-electron chi connectivity index (χ4n) is 3.04. The van der Waals surface area contributed by atoms with E-state index in [-0.39, 0.29) is 11.6 Å². The van der Waals surface area contributed by atoms with Crippen molar-refractivity contribution in [1.82, 2.24) is 5.32 Å². The molecule has 0 aromatic heterocycles. The second-order valence-corrected chi connectivity index (χ2v) is 6.96. The summed E-state index contributed by atoms with van der Waals surface area (Å²) in [5.74, 6) is 0.686. The molecule has 1 N–H and O–H groups in total. The number of benzene rings is 3. The number of nitrogens with one attached hydrogen (secondary N) is 1. The second-order valence-electron chi connectivity index (χ2n) is 6.96. The van der Waals surface area contributed by atoms with Crippen LogP contribution in [-0.4, -0.2) is 13.0 Å². The first-order valence-electron chi connectivity index (χ1n) is 9.93. The van der Waals surface area contributed by atoms with Gasteiger partial charge in [-0.15, -0.1) is 0 Å². The number of methoxy groups -OCH3 is 1. The molecule has 0 aliphatic heterocycles. The maximum Gasteiger partial charge on any atom is 0.262 e. The number of amides is 1. The average molecular weight is 412 g/mol. The van der Waals surface area contributed by atoms with Crippen molar-refractivity contribution in [1.29, 1.82) is 5.26 Å². The van der Waals surface area contributed by atoms with Gasteiger partial charge in [0.1, 0.15) is 18.2 Å². The van der Waals surface area contributed by atoms with Crippen LogP contribution in [0.3, 0.4) is 0 Å². The minimum Gasteiger partial charge on any atom is -0.493 e. The van der Waals surface area contributed by atoms with E-state index in [1.807, 2.05) is 73.7 Å². The van der Waals surface area contributed by atoms with Crippen molar-refractivity contribution in [2.24, 2.45) is 0 Å². The number of nitriles is 1. The molecule has 0 fully saturated rings. The average Bonchev–Trinajstić information content (AvgIpc) is 2.82. The third-order valence-corrected chi connectivity index (χ3v) is 4.75. The summed E-state index contributed by atoms with van der Waals surface area (Å²) in [6.07, 6.45) is 1.54. The van der Waals surface area contributed by atoms with E-state index in [2.05, 4.69) is 5.32 Å². The van der Waals surface area contributed by atoms with Crippen molar-refractivity contribution in [3.05, 3.63) is 101 Å². The highest BCUT2D eigenvalue weighted by molar-refractivity contribution is 6.01. The number of rotatable bonds is 8. The van der Waals surface area contributed by atoms with Crippen LogP contribution in [0.15, 0.2) is 84.4 Å². The SMILES string of the molecule is COc1cc(C=C(C#N)C(=O)NC(C)c2ccccc2)ccc1OCc1ccccc1. The van der Waals surface area contributed by atoms with Gasteiger partial charge in [0, 0.05) is 0 Å². The molecule has 3 rings (SSSR count). The Balaban J connectivity index is 1.72. The van der Waals surface area contributed by atoms with Crippen LogP contribution in [0.4, 0.5) is 0 Å². The number of nitrogens with zero attached hydrogens (tertiary/aromatic N) is 1. The summed E-state index contributed by atoms with van der Waals surface area (Å²) < 4.78 is 11.3. The minimum atomic E-state index is -0.428. The van der Waals surface area contributed by atoms with E-state index in [0.29, 0.717) is 23.7 Å². The lowest BCUT2D eigenvalue weighted by Gasteiger charge is -2.14. The Morgan fingerprint density at radius 1 is 1.03 bits per heavy atom. The first kappa shape index (κ1) is 21.7. The smallest absolute Gasteiger partial charge is 0.262 e. The van der Waals surface area contributed by atoms with E-state index in [0.717, 1.165) is 11.1 Å². The van der Waals surface area contributed by atoms with E-state index < -0.39 is 5.91 Å².